The Bertz CT molecular complexity index is 767. The Balaban J connectivity index is 2.57. The van der Waals surface area contributed by atoms with Crippen LogP contribution in [0.25, 0.3) is 0 Å². The minimum absolute atomic E-state index is 0.176. The van der Waals surface area contributed by atoms with Crippen LogP contribution in [0.3, 0.4) is 0 Å². The summed E-state index contributed by atoms with van der Waals surface area (Å²) in [6.07, 6.45) is 0. The summed E-state index contributed by atoms with van der Waals surface area (Å²) in [4.78, 5) is 22.0. The summed E-state index contributed by atoms with van der Waals surface area (Å²) in [5.74, 6) is -1.99. The van der Waals surface area contributed by atoms with Gasteiger partial charge >= 0.3 is 5.97 Å². The van der Waals surface area contributed by atoms with Crippen LogP contribution in [0.2, 0.25) is 0 Å². The summed E-state index contributed by atoms with van der Waals surface area (Å²) >= 11 is 0. The number of non-ortho nitro benzene ring substituents is 1. The molecule has 22 heavy (non-hydrogen) atoms. The average Bonchev–Trinajstić information content (AvgIpc) is 3.17. The second kappa shape index (κ2) is 4.83. The van der Waals surface area contributed by atoms with E-state index >= 15 is 0 Å². The van der Waals surface area contributed by atoms with Gasteiger partial charge in [-0.25, -0.2) is 0 Å². The van der Waals surface area contributed by atoms with Crippen LogP contribution < -0.4 is 0 Å². The molecular weight excluding hydrogens is 288 g/mol. The summed E-state index contributed by atoms with van der Waals surface area (Å²) < 4.78 is 4.57. The van der Waals surface area contributed by atoms with Gasteiger partial charge in [0.25, 0.3) is 5.69 Å². The van der Waals surface area contributed by atoms with E-state index in [2.05, 4.69) is 4.74 Å². The highest BCUT2D eigenvalue weighted by atomic mass is 16.6. The van der Waals surface area contributed by atoms with Gasteiger partial charge < -0.3 is 4.74 Å². The Hall–Kier alpha value is -3.44. The van der Waals surface area contributed by atoms with Gasteiger partial charge in [0.05, 0.1) is 36.2 Å². The average molecular weight is 296 g/mol. The Morgan fingerprint density at radius 1 is 1.23 bits per heavy atom. The van der Waals surface area contributed by atoms with Gasteiger partial charge in [0.15, 0.2) is 10.8 Å². The Kier molecular flexibility index (Phi) is 3.29. The van der Waals surface area contributed by atoms with Gasteiger partial charge in [-0.15, -0.1) is 0 Å². The van der Waals surface area contributed by atoms with Crippen molar-refractivity contribution in [1.29, 1.82) is 15.8 Å². The molecule has 8 nitrogen and oxygen atoms in total. The number of esters is 1. The maximum Gasteiger partial charge on any atom is 0.329 e. The lowest BCUT2D eigenvalue weighted by atomic mass is 9.97. The molecule has 2 rings (SSSR count). The normalized spacial score (nSPS) is 24.2. The van der Waals surface area contributed by atoms with Crippen LogP contribution in [0, 0.1) is 54.9 Å². The predicted octanol–water partition coefficient (Wildman–Crippen LogP) is 1.41. The molecular formula is C14H8N4O4. The summed E-state index contributed by atoms with van der Waals surface area (Å²) in [6.45, 7) is 0. The van der Waals surface area contributed by atoms with E-state index in [9.17, 15) is 30.7 Å². The van der Waals surface area contributed by atoms with E-state index < -0.39 is 27.6 Å². The molecule has 108 valence electrons. The lowest BCUT2D eigenvalue weighted by molar-refractivity contribution is -0.384. The van der Waals surface area contributed by atoms with Gasteiger partial charge in [0, 0.05) is 12.1 Å². The Labute approximate surface area is 124 Å². The van der Waals surface area contributed by atoms with E-state index in [1.807, 2.05) is 0 Å². The van der Waals surface area contributed by atoms with Crippen LogP contribution in [-0.4, -0.2) is 18.0 Å². The third-order valence-corrected chi connectivity index (χ3v) is 3.88. The maximum absolute atomic E-state index is 12.0. The summed E-state index contributed by atoms with van der Waals surface area (Å²) in [6, 6.07) is 10.2. The number of carbonyl (C=O) groups is 1. The standard InChI is InChI=1S/C14H8N4O4/c1-22-12(19)14(8-17)11(13(14,6-15)7-16)9-2-4-10(5-3-9)18(20)21/h2-5,11H,1H3/t11-,14-/m0/s1. The molecule has 1 aromatic rings. The van der Waals surface area contributed by atoms with Crippen molar-refractivity contribution in [2.45, 2.75) is 5.92 Å². The molecule has 1 aromatic carbocycles. The molecule has 0 heterocycles. The van der Waals surface area contributed by atoms with E-state index in [-0.39, 0.29) is 5.69 Å². The van der Waals surface area contributed by atoms with Gasteiger partial charge in [-0.05, 0) is 5.56 Å². The van der Waals surface area contributed by atoms with Crippen molar-refractivity contribution in [2.75, 3.05) is 7.11 Å². The van der Waals surface area contributed by atoms with Gasteiger partial charge in [0.2, 0.25) is 0 Å². The van der Waals surface area contributed by atoms with Gasteiger partial charge in [-0.3, -0.25) is 14.9 Å². The van der Waals surface area contributed by atoms with Crippen molar-refractivity contribution < 1.29 is 14.5 Å². The first kappa shape index (κ1) is 15.0. The number of methoxy groups -OCH3 is 1. The smallest absolute Gasteiger partial charge is 0.329 e. The van der Waals surface area contributed by atoms with Crippen LogP contribution in [0.4, 0.5) is 5.69 Å². The zero-order valence-electron chi connectivity index (χ0n) is 11.3. The molecule has 1 aliphatic carbocycles. The first-order valence-electron chi connectivity index (χ1n) is 6.01. The summed E-state index contributed by atoms with van der Waals surface area (Å²) in [5, 5.41) is 38.6. The lowest BCUT2D eigenvalue weighted by Crippen LogP contribution is -2.22. The summed E-state index contributed by atoms with van der Waals surface area (Å²) in [5.41, 5.74) is -3.66. The molecule has 0 spiro atoms. The van der Waals surface area contributed by atoms with E-state index in [0.29, 0.717) is 5.56 Å². The van der Waals surface area contributed by atoms with Gasteiger partial charge in [-0.2, -0.15) is 15.8 Å². The number of nitriles is 3. The highest BCUT2D eigenvalue weighted by molar-refractivity contribution is 5.91. The Morgan fingerprint density at radius 3 is 2.14 bits per heavy atom. The van der Waals surface area contributed by atoms with Crippen LogP contribution in [0.15, 0.2) is 24.3 Å². The van der Waals surface area contributed by atoms with Gasteiger partial charge in [0.1, 0.15) is 0 Å². The highest BCUT2D eigenvalue weighted by Gasteiger charge is 2.85. The number of nitro benzene ring substituents is 1. The monoisotopic (exact) mass is 296 g/mol. The molecule has 0 saturated heterocycles. The number of carbonyl (C=O) groups excluding carboxylic acids is 1. The third-order valence-electron chi connectivity index (χ3n) is 3.88. The number of rotatable bonds is 3. The summed E-state index contributed by atoms with van der Waals surface area (Å²) in [7, 11) is 1.06. The molecule has 0 amide bonds. The fraction of sp³-hybridized carbons (Fsp3) is 0.286. The fourth-order valence-electron chi connectivity index (χ4n) is 2.73. The predicted molar refractivity (Wildman–Crippen MR) is 69.6 cm³/mol. The largest absolute Gasteiger partial charge is 0.468 e. The molecule has 0 bridgehead atoms. The second-order valence-corrected chi connectivity index (χ2v) is 4.72. The fourth-order valence-corrected chi connectivity index (χ4v) is 2.73. The van der Waals surface area contributed by atoms with Crippen LogP contribution in [-0.2, 0) is 9.53 Å². The topological polar surface area (TPSA) is 141 Å². The lowest BCUT2D eigenvalue weighted by Gasteiger charge is -2.05. The number of ether oxygens (including phenoxy) is 1. The third kappa shape index (κ3) is 1.57. The molecule has 2 atom stereocenters. The molecule has 0 aromatic heterocycles. The number of benzene rings is 1. The molecule has 1 saturated carbocycles. The van der Waals surface area contributed by atoms with Crippen molar-refractivity contribution in [1.82, 2.24) is 0 Å². The van der Waals surface area contributed by atoms with Crippen LogP contribution >= 0.6 is 0 Å². The van der Waals surface area contributed by atoms with E-state index in [4.69, 9.17) is 0 Å². The van der Waals surface area contributed by atoms with E-state index in [0.717, 1.165) is 7.11 Å². The minimum Gasteiger partial charge on any atom is -0.468 e. The SMILES string of the molecule is COC(=O)[C@]1(C#N)[C@@H](c2ccc([N+](=O)[O-])cc2)C1(C#N)C#N. The number of nitro groups is 1. The molecule has 1 aliphatic rings. The molecule has 1 fully saturated rings. The van der Waals surface area contributed by atoms with Crippen molar-refractivity contribution in [2.24, 2.45) is 10.8 Å². The van der Waals surface area contributed by atoms with Crippen LogP contribution in [0.5, 0.6) is 0 Å². The first-order chi connectivity index (χ1) is 10.4. The molecule has 0 unspecified atom stereocenters. The van der Waals surface area contributed by atoms with Crippen molar-refractivity contribution in [3.63, 3.8) is 0 Å². The molecule has 8 heteroatoms. The van der Waals surface area contributed by atoms with Crippen LogP contribution in [0.1, 0.15) is 11.5 Å². The van der Waals surface area contributed by atoms with E-state index in [1.54, 1.807) is 18.2 Å². The quantitative estimate of drug-likeness (QED) is 0.466. The molecule has 0 aliphatic heterocycles. The van der Waals surface area contributed by atoms with Crippen molar-refractivity contribution >= 4 is 11.7 Å². The zero-order valence-corrected chi connectivity index (χ0v) is 11.3. The van der Waals surface area contributed by atoms with E-state index in [1.165, 1.54) is 24.3 Å². The number of nitrogens with zero attached hydrogens (tertiary/aromatic N) is 4. The second-order valence-electron chi connectivity index (χ2n) is 4.72. The zero-order chi connectivity index (χ0) is 16.5. The molecule has 0 N–H and O–H groups in total. The van der Waals surface area contributed by atoms with Crippen molar-refractivity contribution in [3.8, 4) is 18.2 Å². The highest BCUT2D eigenvalue weighted by Crippen LogP contribution is 2.74. The van der Waals surface area contributed by atoms with Crippen molar-refractivity contribution in [3.05, 3.63) is 39.9 Å². The molecule has 0 radical (unpaired) electrons. The first-order valence-corrected chi connectivity index (χ1v) is 6.01. The number of hydrogen-bond donors (Lipinski definition) is 0. The van der Waals surface area contributed by atoms with Gasteiger partial charge in [-0.1, -0.05) is 12.1 Å². The minimum atomic E-state index is -1.93. The number of hydrogen-bond acceptors (Lipinski definition) is 7. The maximum atomic E-state index is 12.0. The Morgan fingerprint density at radius 2 is 1.77 bits per heavy atom.